The molecule has 15 heavy (non-hydrogen) atoms. The van der Waals surface area contributed by atoms with Gasteiger partial charge in [-0.1, -0.05) is 12.8 Å². The van der Waals surface area contributed by atoms with Gasteiger partial charge in [0.1, 0.15) is 0 Å². The minimum absolute atomic E-state index is 0.00913. The van der Waals surface area contributed by atoms with Crippen molar-refractivity contribution in [2.24, 2.45) is 5.92 Å². The van der Waals surface area contributed by atoms with Crippen LogP contribution in [0.4, 0.5) is 8.78 Å². The molecule has 0 bridgehead atoms. The second kappa shape index (κ2) is 4.09. The Bertz CT molecular complexity index is 381. The largest absolute Gasteiger partial charge is 0.294 e. The maximum Gasteiger partial charge on any atom is 0.166 e. The van der Waals surface area contributed by atoms with Crippen LogP contribution < -0.4 is 0 Å². The number of hydrogen-bond donors (Lipinski definition) is 0. The Hall–Kier alpha value is -1.25. The molecule has 0 unspecified atom stereocenters. The lowest BCUT2D eigenvalue weighted by molar-refractivity contribution is 0.0922. The SMILES string of the molecule is O=C(c1ccc(F)c(F)c1)C1CCCC1. The quantitative estimate of drug-likeness (QED) is 0.684. The lowest BCUT2D eigenvalue weighted by Gasteiger charge is -2.07. The first-order valence-corrected chi connectivity index (χ1v) is 5.18. The van der Waals surface area contributed by atoms with Gasteiger partial charge in [-0.2, -0.15) is 0 Å². The summed E-state index contributed by atoms with van der Waals surface area (Å²) in [4.78, 5) is 11.8. The zero-order valence-corrected chi connectivity index (χ0v) is 8.30. The van der Waals surface area contributed by atoms with Crippen LogP contribution in [0.5, 0.6) is 0 Å². The van der Waals surface area contributed by atoms with Crippen molar-refractivity contribution in [3.8, 4) is 0 Å². The highest BCUT2D eigenvalue weighted by Crippen LogP contribution is 2.28. The molecule has 1 aromatic carbocycles. The van der Waals surface area contributed by atoms with Gasteiger partial charge >= 0.3 is 0 Å². The summed E-state index contributed by atoms with van der Waals surface area (Å²) < 4.78 is 25.6. The molecule has 0 aromatic heterocycles. The molecule has 0 N–H and O–H groups in total. The van der Waals surface area contributed by atoms with Crippen LogP contribution in [-0.4, -0.2) is 5.78 Å². The fourth-order valence-electron chi connectivity index (χ4n) is 2.07. The van der Waals surface area contributed by atoms with Gasteiger partial charge in [-0.25, -0.2) is 8.78 Å². The fourth-order valence-corrected chi connectivity index (χ4v) is 2.07. The molecule has 1 saturated carbocycles. The molecule has 0 spiro atoms. The molecule has 1 aromatic rings. The zero-order valence-electron chi connectivity index (χ0n) is 8.30. The topological polar surface area (TPSA) is 17.1 Å². The van der Waals surface area contributed by atoms with Crippen LogP contribution >= 0.6 is 0 Å². The van der Waals surface area contributed by atoms with Crippen molar-refractivity contribution in [1.29, 1.82) is 0 Å². The predicted molar refractivity (Wildman–Crippen MR) is 52.6 cm³/mol. The summed E-state index contributed by atoms with van der Waals surface area (Å²) in [6.07, 6.45) is 3.86. The maximum atomic E-state index is 12.9. The minimum atomic E-state index is -0.946. The van der Waals surface area contributed by atoms with Crippen molar-refractivity contribution in [1.82, 2.24) is 0 Å². The minimum Gasteiger partial charge on any atom is -0.294 e. The van der Waals surface area contributed by atoms with Gasteiger partial charge < -0.3 is 0 Å². The Morgan fingerprint density at radius 2 is 1.80 bits per heavy atom. The molecule has 1 fully saturated rings. The van der Waals surface area contributed by atoms with E-state index in [9.17, 15) is 13.6 Å². The molecule has 0 heterocycles. The van der Waals surface area contributed by atoms with Crippen LogP contribution in [0.1, 0.15) is 36.0 Å². The van der Waals surface area contributed by atoms with Crippen molar-refractivity contribution >= 4 is 5.78 Å². The number of halogens is 2. The van der Waals surface area contributed by atoms with E-state index >= 15 is 0 Å². The highest BCUT2D eigenvalue weighted by atomic mass is 19.2. The van der Waals surface area contributed by atoms with E-state index in [0.717, 1.165) is 37.8 Å². The summed E-state index contributed by atoms with van der Waals surface area (Å²) in [6, 6.07) is 3.37. The summed E-state index contributed by atoms with van der Waals surface area (Å²) in [7, 11) is 0. The molecule has 1 aliphatic carbocycles. The highest BCUT2D eigenvalue weighted by Gasteiger charge is 2.24. The van der Waals surface area contributed by atoms with Gasteiger partial charge in [0, 0.05) is 11.5 Å². The van der Waals surface area contributed by atoms with Gasteiger partial charge in [-0.05, 0) is 31.0 Å². The number of benzene rings is 1. The maximum absolute atomic E-state index is 12.9. The summed E-state index contributed by atoms with van der Waals surface area (Å²) in [5.74, 6) is -1.89. The van der Waals surface area contributed by atoms with Crippen molar-refractivity contribution in [3.05, 3.63) is 35.4 Å². The highest BCUT2D eigenvalue weighted by molar-refractivity contribution is 5.97. The van der Waals surface area contributed by atoms with Crippen LogP contribution in [0.15, 0.2) is 18.2 Å². The lowest BCUT2D eigenvalue weighted by atomic mass is 9.96. The Kier molecular flexibility index (Phi) is 2.80. The van der Waals surface area contributed by atoms with Crippen LogP contribution in [0, 0.1) is 17.6 Å². The van der Waals surface area contributed by atoms with Crippen LogP contribution in [0.2, 0.25) is 0 Å². The molecule has 3 heteroatoms. The summed E-state index contributed by atoms with van der Waals surface area (Å²) >= 11 is 0. The van der Waals surface area contributed by atoms with Crippen molar-refractivity contribution in [2.45, 2.75) is 25.7 Å². The van der Waals surface area contributed by atoms with Crippen LogP contribution in [0.25, 0.3) is 0 Å². The molecule has 0 radical (unpaired) electrons. The van der Waals surface area contributed by atoms with Gasteiger partial charge in [0.05, 0.1) is 0 Å². The van der Waals surface area contributed by atoms with Crippen molar-refractivity contribution in [3.63, 3.8) is 0 Å². The Morgan fingerprint density at radius 3 is 2.40 bits per heavy atom. The monoisotopic (exact) mass is 210 g/mol. The Balaban J connectivity index is 2.21. The van der Waals surface area contributed by atoms with E-state index < -0.39 is 11.6 Å². The molecule has 0 aliphatic heterocycles. The third-order valence-electron chi connectivity index (χ3n) is 2.93. The van der Waals surface area contributed by atoms with E-state index in [1.807, 2.05) is 0 Å². The molecule has 80 valence electrons. The first kappa shape index (κ1) is 10.3. The fraction of sp³-hybridized carbons (Fsp3) is 0.417. The Labute approximate surface area is 87.1 Å². The molecular formula is C12H12F2O. The zero-order chi connectivity index (χ0) is 10.8. The van der Waals surface area contributed by atoms with Crippen LogP contribution in [-0.2, 0) is 0 Å². The number of carbonyl (C=O) groups is 1. The van der Waals surface area contributed by atoms with E-state index in [2.05, 4.69) is 0 Å². The average Bonchev–Trinajstić information content (AvgIpc) is 2.74. The second-order valence-electron chi connectivity index (χ2n) is 3.97. The number of carbonyl (C=O) groups excluding carboxylic acids is 1. The summed E-state index contributed by atoms with van der Waals surface area (Å²) in [5.41, 5.74) is 0.292. The molecule has 0 amide bonds. The van der Waals surface area contributed by atoms with Crippen molar-refractivity contribution in [2.75, 3.05) is 0 Å². The molecule has 0 atom stereocenters. The first-order valence-electron chi connectivity index (χ1n) is 5.18. The summed E-state index contributed by atoms with van der Waals surface area (Å²) in [5, 5.41) is 0. The van der Waals surface area contributed by atoms with Gasteiger partial charge in [-0.3, -0.25) is 4.79 Å². The van der Waals surface area contributed by atoms with E-state index in [4.69, 9.17) is 0 Å². The van der Waals surface area contributed by atoms with Crippen molar-refractivity contribution < 1.29 is 13.6 Å². The van der Waals surface area contributed by atoms with E-state index in [-0.39, 0.29) is 11.7 Å². The van der Waals surface area contributed by atoms with Gasteiger partial charge in [0.2, 0.25) is 0 Å². The predicted octanol–water partition coefficient (Wildman–Crippen LogP) is 3.34. The summed E-state index contributed by atoms with van der Waals surface area (Å²) in [6.45, 7) is 0. The molecule has 2 rings (SSSR count). The smallest absolute Gasteiger partial charge is 0.166 e. The molecule has 1 aliphatic rings. The number of rotatable bonds is 2. The average molecular weight is 210 g/mol. The van der Waals surface area contributed by atoms with Gasteiger partial charge in [0.25, 0.3) is 0 Å². The number of Topliss-reactive ketones (excluding diaryl/α,β-unsaturated/α-hetero) is 1. The molecule has 1 nitrogen and oxygen atoms in total. The standard InChI is InChI=1S/C12H12F2O/c13-10-6-5-9(7-11(10)14)12(15)8-3-1-2-4-8/h5-8H,1-4H2. The van der Waals surface area contributed by atoms with E-state index in [1.54, 1.807) is 0 Å². The number of hydrogen-bond acceptors (Lipinski definition) is 1. The second-order valence-corrected chi connectivity index (χ2v) is 3.97. The van der Waals surface area contributed by atoms with Gasteiger partial charge in [0.15, 0.2) is 17.4 Å². The van der Waals surface area contributed by atoms with E-state index in [0.29, 0.717) is 5.56 Å². The van der Waals surface area contributed by atoms with Gasteiger partial charge in [-0.15, -0.1) is 0 Å². The molecular weight excluding hydrogens is 198 g/mol. The molecule has 0 saturated heterocycles. The van der Waals surface area contributed by atoms with Crippen LogP contribution in [0.3, 0.4) is 0 Å². The Morgan fingerprint density at radius 1 is 1.13 bits per heavy atom. The normalized spacial score (nSPS) is 16.9. The lowest BCUT2D eigenvalue weighted by Crippen LogP contribution is -2.11. The third kappa shape index (κ3) is 2.06. The third-order valence-corrected chi connectivity index (χ3v) is 2.93. The first-order chi connectivity index (χ1) is 7.18. The number of ketones is 1. The van der Waals surface area contributed by atoms with E-state index in [1.165, 1.54) is 6.07 Å².